The minimum absolute atomic E-state index is 0.210. The van der Waals surface area contributed by atoms with Gasteiger partial charge in [0.2, 0.25) is 0 Å². The first kappa shape index (κ1) is 18.3. The van der Waals surface area contributed by atoms with Crippen molar-refractivity contribution in [1.29, 1.82) is 0 Å². The van der Waals surface area contributed by atoms with Gasteiger partial charge in [0.15, 0.2) is 0 Å². The van der Waals surface area contributed by atoms with Crippen LogP contribution in [0.3, 0.4) is 0 Å². The molecule has 0 unspecified atom stereocenters. The fourth-order valence-electron chi connectivity index (χ4n) is 2.47. The van der Waals surface area contributed by atoms with Crippen LogP contribution in [0.15, 0.2) is 61.1 Å². The zero-order valence-corrected chi connectivity index (χ0v) is 15.1. The van der Waals surface area contributed by atoms with Crippen molar-refractivity contribution < 1.29 is 9.18 Å². The van der Waals surface area contributed by atoms with Crippen molar-refractivity contribution in [3.63, 3.8) is 0 Å². The second-order valence-corrected chi connectivity index (χ2v) is 6.45. The second kappa shape index (κ2) is 8.25. The molecule has 7 heteroatoms. The van der Waals surface area contributed by atoms with Gasteiger partial charge in [-0.2, -0.15) is 0 Å². The van der Waals surface area contributed by atoms with Crippen molar-refractivity contribution in [2.45, 2.75) is 13.1 Å². The molecule has 26 heavy (non-hydrogen) atoms. The molecule has 0 aliphatic rings. The van der Waals surface area contributed by atoms with Crippen LogP contribution >= 0.6 is 23.2 Å². The summed E-state index contributed by atoms with van der Waals surface area (Å²) >= 11 is 12.2. The smallest absolute Gasteiger partial charge is 0.254 e. The normalized spacial score (nSPS) is 10.6. The van der Waals surface area contributed by atoms with Crippen molar-refractivity contribution in [2.24, 2.45) is 0 Å². The van der Waals surface area contributed by atoms with Crippen molar-refractivity contribution in [2.75, 3.05) is 0 Å². The van der Waals surface area contributed by atoms with Gasteiger partial charge < -0.3 is 4.90 Å². The Hall–Kier alpha value is -2.50. The predicted molar refractivity (Wildman–Crippen MR) is 98.5 cm³/mol. The minimum atomic E-state index is -0.472. The lowest BCUT2D eigenvalue weighted by Crippen LogP contribution is -2.30. The van der Waals surface area contributed by atoms with E-state index < -0.39 is 5.82 Å². The SMILES string of the molecule is O=C(c1cccc(F)c1)N(Cc1cnccn1)Cc1ccc(Cl)cc1Cl. The van der Waals surface area contributed by atoms with Gasteiger partial charge in [-0.3, -0.25) is 14.8 Å². The minimum Gasteiger partial charge on any atom is -0.328 e. The largest absolute Gasteiger partial charge is 0.328 e. The number of carbonyl (C=O) groups is 1. The average Bonchev–Trinajstić information content (AvgIpc) is 2.63. The van der Waals surface area contributed by atoms with Crippen molar-refractivity contribution in [3.8, 4) is 0 Å². The molecule has 0 bridgehead atoms. The first-order chi connectivity index (χ1) is 12.5. The Morgan fingerprint density at radius 2 is 1.92 bits per heavy atom. The van der Waals surface area contributed by atoms with Gasteiger partial charge in [-0.05, 0) is 35.9 Å². The Morgan fingerprint density at radius 1 is 1.08 bits per heavy atom. The van der Waals surface area contributed by atoms with Crippen LogP contribution in [0.2, 0.25) is 10.0 Å². The van der Waals surface area contributed by atoms with Gasteiger partial charge in [-0.15, -0.1) is 0 Å². The van der Waals surface area contributed by atoms with E-state index in [0.29, 0.717) is 15.7 Å². The molecule has 1 heterocycles. The summed E-state index contributed by atoms with van der Waals surface area (Å²) in [5.74, 6) is -0.805. The molecule has 3 aromatic rings. The molecule has 1 aromatic heterocycles. The van der Waals surface area contributed by atoms with Gasteiger partial charge in [0, 0.05) is 34.5 Å². The van der Waals surface area contributed by atoms with Crippen LogP contribution in [0.1, 0.15) is 21.6 Å². The van der Waals surface area contributed by atoms with Crippen molar-refractivity contribution >= 4 is 29.1 Å². The third kappa shape index (κ3) is 4.56. The third-order valence-corrected chi connectivity index (χ3v) is 4.29. The lowest BCUT2D eigenvalue weighted by Gasteiger charge is -2.23. The molecule has 0 N–H and O–H groups in total. The molecule has 132 valence electrons. The maximum Gasteiger partial charge on any atom is 0.254 e. The monoisotopic (exact) mass is 389 g/mol. The topological polar surface area (TPSA) is 46.1 Å². The molecule has 0 spiro atoms. The van der Waals surface area contributed by atoms with Crippen LogP contribution in [0.25, 0.3) is 0 Å². The summed E-state index contributed by atoms with van der Waals surface area (Å²) in [6.07, 6.45) is 4.68. The van der Waals surface area contributed by atoms with E-state index in [0.717, 1.165) is 5.56 Å². The zero-order chi connectivity index (χ0) is 18.5. The van der Waals surface area contributed by atoms with Crippen LogP contribution in [-0.2, 0) is 13.1 Å². The zero-order valence-electron chi connectivity index (χ0n) is 13.6. The van der Waals surface area contributed by atoms with E-state index in [1.165, 1.54) is 23.1 Å². The lowest BCUT2D eigenvalue weighted by atomic mass is 10.1. The molecule has 3 rings (SSSR count). The maximum absolute atomic E-state index is 13.5. The molecule has 1 amide bonds. The summed E-state index contributed by atoms with van der Waals surface area (Å²) in [7, 11) is 0. The summed E-state index contributed by atoms with van der Waals surface area (Å²) in [6.45, 7) is 0.435. The number of aromatic nitrogens is 2. The number of benzene rings is 2. The third-order valence-electron chi connectivity index (χ3n) is 3.70. The highest BCUT2D eigenvalue weighted by Crippen LogP contribution is 2.23. The van der Waals surface area contributed by atoms with E-state index in [2.05, 4.69) is 9.97 Å². The van der Waals surface area contributed by atoms with Crippen LogP contribution in [0, 0.1) is 5.82 Å². The van der Waals surface area contributed by atoms with E-state index in [1.54, 1.807) is 42.9 Å². The number of rotatable bonds is 5. The Labute approximate surface area is 160 Å². The fourth-order valence-corrected chi connectivity index (χ4v) is 2.93. The molecule has 0 saturated heterocycles. The van der Waals surface area contributed by atoms with Crippen molar-refractivity contribution in [1.82, 2.24) is 14.9 Å². The summed E-state index contributed by atoms with van der Waals surface area (Å²) in [4.78, 5) is 22.7. The van der Waals surface area contributed by atoms with Gasteiger partial charge in [-0.25, -0.2) is 4.39 Å². The van der Waals surface area contributed by atoms with Crippen molar-refractivity contribution in [3.05, 3.63) is 93.7 Å². The van der Waals surface area contributed by atoms with E-state index in [1.807, 2.05) is 0 Å². The average molecular weight is 390 g/mol. The fraction of sp³-hybridized carbons (Fsp3) is 0.105. The van der Waals surface area contributed by atoms with Crippen LogP contribution in [-0.4, -0.2) is 20.8 Å². The predicted octanol–water partition coefficient (Wildman–Crippen LogP) is 4.77. The molecule has 4 nitrogen and oxygen atoms in total. The molecule has 0 aliphatic heterocycles. The van der Waals surface area contributed by atoms with Gasteiger partial charge in [0.05, 0.1) is 18.4 Å². The highest BCUT2D eigenvalue weighted by molar-refractivity contribution is 6.35. The summed E-state index contributed by atoms with van der Waals surface area (Å²) in [5, 5.41) is 0.962. The van der Waals surface area contributed by atoms with Gasteiger partial charge in [0.25, 0.3) is 5.91 Å². The Balaban J connectivity index is 1.91. The number of halogens is 3. The summed E-state index contributed by atoms with van der Waals surface area (Å²) < 4.78 is 13.5. The van der Waals surface area contributed by atoms with Gasteiger partial charge in [-0.1, -0.05) is 35.3 Å². The van der Waals surface area contributed by atoms with E-state index in [-0.39, 0.29) is 24.6 Å². The Morgan fingerprint density at radius 3 is 2.62 bits per heavy atom. The number of hydrogen-bond donors (Lipinski definition) is 0. The number of carbonyl (C=O) groups excluding carboxylic acids is 1. The standard InChI is InChI=1S/C19H14Cl2FN3O/c20-15-5-4-14(18(21)9-15)11-25(12-17-10-23-6-7-24-17)19(26)13-2-1-3-16(22)8-13/h1-10H,11-12H2. The molecule has 0 radical (unpaired) electrons. The van der Waals surface area contributed by atoms with E-state index in [9.17, 15) is 9.18 Å². The van der Waals surface area contributed by atoms with Crippen LogP contribution in [0.5, 0.6) is 0 Å². The van der Waals surface area contributed by atoms with E-state index in [4.69, 9.17) is 23.2 Å². The quantitative estimate of drug-likeness (QED) is 0.631. The first-order valence-corrected chi connectivity index (χ1v) is 8.52. The van der Waals surface area contributed by atoms with E-state index >= 15 is 0 Å². The molecule has 0 fully saturated rings. The number of hydrogen-bond acceptors (Lipinski definition) is 3. The second-order valence-electron chi connectivity index (χ2n) is 5.60. The molecule has 0 saturated carbocycles. The molecule has 0 atom stereocenters. The van der Waals surface area contributed by atoms with Crippen LogP contribution in [0.4, 0.5) is 4.39 Å². The maximum atomic E-state index is 13.5. The lowest BCUT2D eigenvalue weighted by molar-refractivity contribution is 0.0727. The number of amides is 1. The molecule has 0 aliphatic carbocycles. The summed E-state index contributed by atoms with van der Waals surface area (Å²) in [5.41, 5.74) is 1.59. The Bertz CT molecular complexity index is 922. The first-order valence-electron chi connectivity index (χ1n) is 7.76. The number of nitrogens with zero attached hydrogens (tertiary/aromatic N) is 3. The Kier molecular flexibility index (Phi) is 5.81. The van der Waals surface area contributed by atoms with Gasteiger partial charge in [0.1, 0.15) is 5.82 Å². The highest BCUT2D eigenvalue weighted by Gasteiger charge is 2.19. The van der Waals surface area contributed by atoms with Crippen LogP contribution < -0.4 is 0 Å². The molecular weight excluding hydrogens is 376 g/mol. The highest BCUT2D eigenvalue weighted by atomic mass is 35.5. The molecule has 2 aromatic carbocycles. The summed E-state index contributed by atoms with van der Waals surface area (Å²) in [6, 6.07) is 10.6. The van der Waals surface area contributed by atoms with Gasteiger partial charge >= 0.3 is 0 Å². The molecular formula is C19H14Cl2FN3O.